The molecule has 0 spiro atoms. The summed E-state index contributed by atoms with van der Waals surface area (Å²) in [7, 11) is -3.97. The van der Waals surface area contributed by atoms with Gasteiger partial charge in [-0.3, -0.25) is 0 Å². The molecule has 2 aromatic rings. The van der Waals surface area contributed by atoms with Gasteiger partial charge >= 0.3 is 0 Å². The van der Waals surface area contributed by atoms with Crippen molar-refractivity contribution in [1.82, 2.24) is 4.72 Å². The van der Waals surface area contributed by atoms with Crippen LogP contribution in [0.15, 0.2) is 53.4 Å². The largest absolute Gasteiger partial charge is 0.550 e. The van der Waals surface area contributed by atoms with Crippen LogP contribution in [0.2, 0.25) is 5.02 Å². The minimum absolute atomic E-state index is 0.0626. The van der Waals surface area contributed by atoms with Crippen molar-refractivity contribution < 1.29 is 22.7 Å². The van der Waals surface area contributed by atoms with E-state index in [0.29, 0.717) is 10.6 Å². The summed E-state index contributed by atoms with van der Waals surface area (Å²) in [6.07, 6.45) is -0.585. The van der Waals surface area contributed by atoms with Crippen molar-refractivity contribution in [1.29, 1.82) is 0 Å². The van der Waals surface area contributed by atoms with Gasteiger partial charge in [-0.1, -0.05) is 23.7 Å². The number of halogens is 2. The van der Waals surface area contributed by atoms with Gasteiger partial charge in [-0.25, -0.2) is 17.5 Å². The molecule has 0 aliphatic rings. The highest BCUT2D eigenvalue weighted by Gasteiger charge is 2.21. The Bertz CT molecular complexity index is 791. The van der Waals surface area contributed by atoms with Crippen LogP contribution in [0.5, 0.6) is 0 Å². The fraction of sp³-hybridized carbons (Fsp3) is 0.133. The number of carbonyl (C=O) groups is 1. The summed E-state index contributed by atoms with van der Waals surface area (Å²) in [5, 5.41) is 11.2. The normalized spacial score (nSPS) is 12.8. The van der Waals surface area contributed by atoms with Crippen LogP contribution in [0, 0.1) is 5.82 Å². The molecule has 0 unspecified atom stereocenters. The number of hydrogen-bond donors (Lipinski definition) is 1. The Kier molecular flexibility index (Phi) is 5.35. The summed E-state index contributed by atoms with van der Waals surface area (Å²) in [6.45, 7) is 0. The van der Waals surface area contributed by atoms with E-state index in [1.807, 2.05) is 0 Å². The number of carboxylic acid groups (broad SMARTS) is 1. The molecule has 0 radical (unpaired) electrons. The molecule has 122 valence electrons. The molecular weight excluding hydrogens is 345 g/mol. The van der Waals surface area contributed by atoms with Gasteiger partial charge in [0, 0.05) is 17.4 Å². The van der Waals surface area contributed by atoms with Gasteiger partial charge in [0.15, 0.2) is 0 Å². The van der Waals surface area contributed by atoms with E-state index in [4.69, 9.17) is 11.6 Å². The third-order valence-corrected chi connectivity index (χ3v) is 4.80. The van der Waals surface area contributed by atoms with Crippen molar-refractivity contribution in [3.63, 3.8) is 0 Å². The summed E-state index contributed by atoms with van der Waals surface area (Å²) in [6, 6.07) is 9.19. The Morgan fingerprint density at radius 1 is 1.13 bits per heavy atom. The SMILES string of the molecule is O=C([O-])C[C@@H](NS(=O)(=O)c1ccc(Cl)cc1)c1ccc(F)cc1. The molecule has 2 aromatic carbocycles. The van der Waals surface area contributed by atoms with Gasteiger partial charge in [0.2, 0.25) is 10.0 Å². The van der Waals surface area contributed by atoms with Crippen LogP contribution in [0.25, 0.3) is 0 Å². The van der Waals surface area contributed by atoms with Crippen molar-refractivity contribution in [2.24, 2.45) is 0 Å². The molecule has 0 aliphatic heterocycles. The van der Waals surface area contributed by atoms with Crippen LogP contribution in [-0.2, 0) is 14.8 Å². The summed E-state index contributed by atoms with van der Waals surface area (Å²) < 4.78 is 39.9. The third kappa shape index (κ3) is 4.75. The van der Waals surface area contributed by atoms with Crippen molar-refractivity contribution in [3.8, 4) is 0 Å². The molecule has 1 N–H and O–H groups in total. The molecule has 0 heterocycles. The second-order valence-electron chi connectivity index (χ2n) is 4.76. The number of rotatable bonds is 6. The highest BCUT2D eigenvalue weighted by atomic mass is 35.5. The lowest BCUT2D eigenvalue weighted by atomic mass is 10.1. The zero-order chi connectivity index (χ0) is 17.0. The average Bonchev–Trinajstić information content (AvgIpc) is 2.47. The minimum atomic E-state index is -3.97. The first kappa shape index (κ1) is 17.4. The predicted octanol–water partition coefficient (Wildman–Crippen LogP) is 1.64. The zero-order valence-electron chi connectivity index (χ0n) is 11.7. The molecule has 23 heavy (non-hydrogen) atoms. The first-order chi connectivity index (χ1) is 10.8. The minimum Gasteiger partial charge on any atom is -0.550 e. The molecule has 5 nitrogen and oxygen atoms in total. The van der Waals surface area contributed by atoms with Gasteiger partial charge in [0.05, 0.1) is 10.9 Å². The number of aliphatic carboxylic acids is 1. The molecule has 2 rings (SSSR count). The molecule has 0 aliphatic carbocycles. The molecule has 0 amide bonds. The number of nitrogens with one attached hydrogen (secondary N) is 1. The van der Waals surface area contributed by atoms with E-state index >= 15 is 0 Å². The van der Waals surface area contributed by atoms with E-state index in [2.05, 4.69) is 4.72 Å². The highest BCUT2D eigenvalue weighted by molar-refractivity contribution is 7.89. The Balaban J connectivity index is 2.31. The van der Waals surface area contributed by atoms with Crippen LogP contribution in [0.1, 0.15) is 18.0 Å². The van der Waals surface area contributed by atoms with E-state index in [-0.39, 0.29) is 4.90 Å². The Morgan fingerprint density at radius 2 is 1.70 bits per heavy atom. The van der Waals surface area contributed by atoms with Crippen LogP contribution >= 0.6 is 11.6 Å². The summed E-state index contributed by atoms with van der Waals surface area (Å²) in [5.74, 6) is -1.94. The smallest absolute Gasteiger partial charge is 0.241 e. The molecule has 8 heteroatoms. The molecule has 0 saturated heterocycles. The lowest BCUT2D eigenvalue weighted by molar-refractivity contribution is -0.306. The van der Waals surface area contributed by atoms with Crippen LogP contribution in [0.4, 0.5) is 4.39 Å². The lowest BCUT2D eigenvalue weighted by Crippen LogP contribution is -2.34. The van der Waals surface area contributed by atoms with Crippen LogP contribution < -0.4 is 9.83 Å². The number of hydrogen-bond acceptors (Lipinski definition) is 4. The Morgan fingerprint density at radius 3 is 2.22 bits per heavy atom. The number of carbonyl (C=O) groups excluding carboxylic acids is 1. The maximum absolute atomic E-state index is 13.0. The summed E-state index contributed by atoms with van der Waals surface area (Å²) >= 11 is 5.71. The van der Waals surface area contributed by atoms with Crippen molar-refractivity contribution in [2.75, 3.05) is 0 Å². The standard InChI is InChI=1S/C15H13ClFNO4S/c16-11-3-7-13(8-4-11)23(21,22)18-14(9-15(19)20)10-1-5-12(17)6-2-10/h1-8,14,18H,9H2,(H,19,20)/p-1/t14-/m1/s1. The Labute approximate surface area is 137 Å². The fourth-order valence-electron chi connectivity index (χ4n) is 1.96. The van der Waals surface area contributed by atoms with Crippen molar-refractivity contribution >= 4 is 27.6 Å². The molecular formula is C15H12ClFNO4S-. The second-order valence-corrected chi connectivity index (χ2v) is 6.91. The number of benzene rings is 2. The second kappa shape index (κ2) is 7.08. The fourth-order valence-corrected chi connectivity index (χ4v) is 3.31. The van der Waals surface area contributed by atoms with Gasteiger partial charge in [-0.15, -0.1) is 0 Å². The van der Waals surface area contributed by atoms with Gasteiger partial charge in [-0.05, 0) is 42.0 Å². The first-order valence-corrected chi connectivity index (χ1v) is 8.37. The monoisotopic (exact) mass is 356 g/mol. The molecule has 1 atom stereocenters. The van der Waals surface area contributed by atoms with Crippen LogP contribution in [-0.4, -0.2) is 14.4 Å². The highest BCUT2D eigenvalue weighted by Crippen LogP contribution is 2.21. The topological polar surface area (TPSA) is 86.3 Å². The lowest BCUT2D eigenvalue weighted by Gasteiger charge is -2.20. The average molecular weight is 357 g/mol. The van der Waals surface area contributed by atoms with E-state index < -0.39 is 34.3 Å². The van der Waals surface area contributed by atoms with E-state index in [0.717, 1.165) is 12.1 Å². The number of sulfonamides is 1. The van der Waals surface area contributed by atoms with E-state index in [9.17, 15) is 22.7 Å². The molecule has 0 aromatic heterocycles. The van der Waals surface area contributed by atoms with Gasteiger partial charge in [0.1, 0.15) is 5.82 Å². The van der Waals surface area contributed by atoms with E-state index in [1.54, 1.807) is 0 Å². The summed E-state index contributed by atoms with van der Waals surface area (Å²) in [5.41, 5.74) is 0.313. The third-order valence-electron chi connectivity index (χ3n) is 3.06. The molecule has 0 saturated carbocycles. The molecule has 0 bridgehead atoms. The first-order valence-electron chi connectivity index (χ1n) is 6.51. The van der Waals surface area contributed by atoms with Crippen LogP contribution in [0.3, 0.4) is 0 Å². The maximum Gasteiger partial charge on any atom is 0.241 e. The van der Waals surface area contributed by atoms with Crippen molar-refractivity contribution in [2.45, 2.75) is 17.4 Å². The molecule has 0 fully saturated rings. The predicted molar refractivity (Wildman–Crippen MR) is 80.5 cm³/mol. The maximum atomic E-state index is 13.0. The zero-order valence-corrected chi connectivity index (χ0v) is 13.3. The van der Waals surface area contributed by atoms with Gasteiger partial charge in [-0.2, -0.15) is 0 Å². The quantitative estimate of drug-likeness (QED) is 0.852. The van der Waals surface area contributed by atoms with Gasteiger partial charge in [0.25, 0.3) is 0 Å². The Hall–Kier alpha value is -1.96. The summed E-state index contributed by atoms with van der Waals surface area (Å²) in [4.78, 5) is 10.8. The van der Waals surface area contributed by atoms with E-state index in [1.165, 1.54) is 36.4 Å². The number of carboxylic acids is 1. The van der Waals surface area contributed by atoms with Crippen molar-refractivity contribution in [3.05, 3.63) is 64.9 Å². The van der Waals surface area contributed by atoms with Gasteiger partial charge < -0.3 is 9.90 Å².